The summed E-state index contributed by atoms with van der Waals surface area (Å²) < 4.78 is 9.84. The molecule has 0 aliphatic rings. The van der Waals surface area contributed by atoms with Crippen molar-refractivity contribution in [3.63, 3.8) is 0 Å². The molecule has 0 unspecified atom stereocenters. The number of methoxy groups -OCH3 is 2. The molecule has 0 fully saturated rings. The highest BCUT2D eigenvalue weighted by Crippen LogP contribution is 2.19. The number of ether oxygens (including phenoxy) is 2. The van der Waals surface area contributed by atoms with E-state index < -0.39 is 5.97 Å². The van der Waals surface area contributed by atoms with E-state index in [2.05, 4.69) is 25.3 Å². The van der Waals surface area contributed by atoms with Crippen LogP contribution in [-0.2, 0) is 4.74 Å². The standard InChI is InChI=1S/C21H20N4O4/c1-13-11-18(19(26)23-16-5-4-6-17(12-16)28-2)25-21(22-13)24-15-9-7-14(8-10-15)20(27)29-3/h4-12H,1-3H3,(H,23,26)(H,22,24,25). The normalized spacial score (nSPS) is 10.2. The summed E-state index contributed by atoms with van der Waals surface area (Å²) in [7, 11) is 2.89. The Kier molecular flexibility index (Phi) is 6.03. The summed E-state index contributed by atoms with van der Waals surface area (Å²) in [5.74, 6) is 0.124. The number of amides is 1. The number of nitrogens with zero attached hydrogens (tertiary/aromatic N) is 2. The molecule has 0 aliphatic heterocycles. The van der Waals surface area contributed by atoms with Crippen LogP contribution >= 0.6 is 0 Å². The number of benzene rings is 2. The SMILES string of the molecule is COC(=O)c1ccc(Nc2nc(C)cc(C(=O)Nc3cccc(OC)c3)n2)cc1. The molecular weight excluding hydrogens is 372 g/mol. The van der Waals surface area contributed by atoms with E-state index in [1.54, 1.807) is 68.6 Å². The Labute approximate surface area is 167 Å². The highest BCUT2D eigenvalue weighted by molar-refractivity contribution is 6.03. The van der Waals surface area contributed by atoms with E-state index in [-0.39, 0.29) is 17.5 Å². The van der Waals surface area contributed by atoms with Gasteiger partial charge in [-0.25, -0.2) is 14.8 Å². The first-order valence-corrected chi connectivity index (χ1v) is 8.75. The van der Waals surface area contributed by atoms with Crippen molar-refractivity contribution in [2.24, 2.45) is 0 Å². The minimum Gasteiger partial charge on any atom is -0.497 e. The van der Waals surface area contributed by atoms with Gasteiger partial charge in [0.25, 0.3) is 5.91 Å². The number of carbonyl (C=O) groups is 2. The maximum Gasteiger partial charge on any atom is 0.337 e. The molecule has 0 radical (unpaired) electrons. The predicted molar refractivity (Wildman–Crippen MR) is 109 cm³/mol. The number of hydrogen-bond acceptors (Lipinski definition) is 7. The molecule has 1 heterocycles. The van der Waals surface area contributed by atoms with Gasteiger partial charge in [0.15, 0.2) is 0 Å². The Morgan fingerprint density at radius 2 is 1.69 bits per heavy atom. The fourth-order valence-electron chi connectivity index (χ4n) is 2.57. The third-order valence-electron chi connectivity index (χ3n) is 3.98. The maximum absolute atomic E-state index is 12.6. The van der Waals surface area contributed by atoms with E-state index in [0.717, 1.165) is 0 Å². The zero-order chi connectivity index (χ0) is 20.8. The summed E-state index contributed by atoms with van der Waals surface area (Å²) in [5.41, 5.74) is 2.54. The Bertz CT molecular complexity index is 1040. The molecule has 8 nitrogen and oxygen atoms in total. The first kappa shape index (κ1) is 19.8. The summed E-state index contributed by atoms with van der Waals surface area (Å²) in [6, 6.07) is 15.3. The molecule has 0 atom stereocenters. The zero-order valence-electron chi connectivity index (χ0n) is 16.2. The molecule has 0 saturated heterocycles. The minimum atomic E-state index is -0.417. The minimum absolute atomic E-state index is 0.217. The van der Waals surface area contributed by atoms with Crippen molar-refractivity contribution in [2.75, 3.05) is 24.9 Å². The number of aromatic nitrogens is 2. The van der Waals surface area contributed by atoms with E-state index in [0.29, 0.717) is 28.4 Å². The van der Waals surface area contributed by atoms with Gasteiger partial charge >= 0.3 is 5.97 Å². The second-order valence-corrected chi connectivity index (χ2v) is 6.10. The van der Waals surface area contributed by atoms with E-state index in [9.17, 15) is 9.59 Å². The summed E-state index contributed by atoms with van der Waals surface area (Å²) in [5, 5.41) is 5.82. The first-order chi connectivity index (χ1) is 14.0. The van der Waals surface area contributed by atoms with Gasteiger partial charge in [0.2, 0.25) is 5.95 Å². The molecule has 29 heavy (non-hydrogen) atoms. The largest absolute Gasteiger partial charge is 0.497 e. The molecule has 0 aliphatic carbocycles. The van der Waals surface area contributed by atoms with Gasteiger partial charge in [-0.15, -0.1) is 0 Å². The highest BCUT2D eigenvalue weighted by Gasteiger charge is 2.12. The molecule has 1 amide bonds. The average molecular weight is 392 g/mol. The Balaban J connectivity index is 1.76. The van der Waals surface area contributed by atoms with Gasteiger partial charge in [0.05, 0.1) is 19.8 Å². The van der Waals surface area contributed by atoms with Crippen LogP contribution in [0.15, 0.2) is 54.6 Å². The molecular formula is C21H20N4O4. The van der Waals surface area contributed by atoms with Crippen molar-refractivity contribution in [3.05, 3.63) is 71.5 Å². The molecule has 2 aromatic carbocycles. The summed E-state index contributed by atoms with van der Waals surface area (Å²) in [6.45, 7) is 1.77. The smallest absolute Gasteiger partial charge is 0.337 e. The number of hydrogen-bond donors (Lipinski definition) is 2. The van der Waals surface area contributed by atoms with Gasteiger partial charge in [-0.05, 0) is 49.4 Å². The van der Waals surface area contributed by atoms with E-state index in [4.69, 9.17) is 4.74 Å². The van der Waals surface area contributed by atoms with Gasteiger partial charge in [-0.1, -0.05) is 6.07 Å². The molecule has 3 rings (SSSR count). The molecule has 3 aromatic rings. The topological polar surface area (TPSA) is 102 Å². The van der Waals surface area contributed by atoms with Crippen LogP contribution < -0.4 is 15.4 Å². The lowest BCUT2D eigenvalue weighted by molar-refractivity contribution is 0.0600. The van der Waals surface area contributed by atoms with E-state index in [1.807, 2.05) is 0 Å². The number of anilines is 3. The van der Waals surface area contributed by atoms with Crippen molar-refractivity contribution in [1.29, 1.82) is 0 Å². The first-order valence-electron chi connectivity index (χ1n) is 8.75. The van der Waals surface area contributed by atoms with Crippen LogP contribution in [0.1, 0.15) is 26.5 Å². The van der Waals surface area contributed by atoms with Gasteiger partial charge in [0, 0.05) is 23.1 Å². The van der Waals surface area contributed by atoms with Crippen LogP contribution in [0.4, 0.5) is 17.3 Å². The second kappa shape index (κ2) is 8.83. The quantitative estimate of drug-likeness (QED) is 0.618. The van der Waals surface area contributed by atoms with E-state index >= 15 is 0 Å². The van der Waals surface area contributed by atoms with Crippen LogP contribution in [0, 0.1) is 6.92 Å². The summed E-state index contributed by atoms with van der Waals surface area (Å²) >= 11 is 0. The van der Waals surface area contributed by atoms with Crippen molar-refractivity contribution < 1.29 is 19.1 Å². The zero-order valence-corrected chi connectivity index (χ0v) is 16.2. The molecule has 0 saturated carbocycles. The van der Waals surface area contributed by atoms with Crippen LogP contribution in [0.25, 0.3) is 0 Å². The molecule has 0 bridgehead atoms. The average Bonchev–Trinajstić information content (AvgIpc) is 2.73. The number of rotatable bonds is 6. The third kappa shape index (κ3) is 5.07. The van der Waals surface area contributed by atoms with Gasteiger partial charge in [-0.3, -0.25) is 4.79 Å². The van der Waals surface area contributed by atoms with Gasteiger partial charge in [-0.2, -0.15) is 0 Å². The lowest BCUT2D eigenvalue weighted by Crippen LogP contribution is -2.15. The molecule has 148 valence electrons. The lowest BCUT2D eigenvalue weighted by atomic mass is 10.2. The van der Waals surface area contributed by atoms with Crippen LogP contribution in [-0.4, -0.2) is 36.1 Å². The number of aryl methyl sites for hydroxylation is 1. The van der Waals surface area contributed by atoms with Gasteiger partial charge in [0.1, 0.15) is 11.4 Å². The lowest BCUT2D eigenvalue weighted by Gasteiger charge is -2.10. The Hall–Kier alpha value is -3.94. The molecule has 8 heteroatoms. The van der Waals surface area contributed by atoms with Crippen LogP contribution in [0.2, 0.25) is 0 Å². The molecule has 0 spiro atoms. The van der Waals surface area contributed by atoms with Crippen LogP contribution in [0.5, 0.6) is 5.75 Å². The monoisotopic (exact) mass is 392 g/mol. The number of nitrogens with one attached hydrogen (secondary N) is 2. The fraction of sp³-hybridized carbons (Fsp3) is 0.143. The number of esters is 1. The Morgan fingerprint density at radius 3 is 2.38 bits per heavy atom. The third-order valence-corrected chi connectivity index (χ3v) is 3.98. The van der Waals surface area contributed by atoms with E-state index in [1.165, 1.54) is 7.11 Å². The van der Waals surface area contributed by atoms with Crippen molar-refractivity contribution in [3.8, 4) is 5.75 Å². The predicted octanol–water partition coefficient (Wildman–Crippen LogP) is 3.58. The second-order valence-electron chi connectivity index (χ2n) is 6.10. The Morgan fingerprint density at radius 1 is 0.931 bits per heavy atom. The fourth-order valence-corrected chi connectivity index (χ4v) is 2.57. The van der Waals surface area contributed by atoms with Crippen molar-refractivity contribution in [1.82, 2.24) is 9.97 Å². The molecule has 2 N–H and O–H groups in total. The van der Waals surface area contributed by atoms with Gasteiger partial charge < -0.3 is 20.1 Å². The molecule has 1 aromatic heterocycles. The maximum atomic E-state index is 12.6. The summed E-state index contributed by atoms with van der Waals surface area (Å²) in [6.07, 6.45) is 0. The number of carbonyl (C=O) groups excluding carboxylic acids is 2. The van der Waals surface area contributed by atoms with Crippen molar-refractivity contribution in [2.45, 2.75) is 6.92 Å². The van der Waals surface area contributed by atoms with Crippen LogP contribution in [0.3, 0.4) is 0 Å². The van der Waals surface area contributed by atoms with Crippen molar-refractivity contribution >= 4 is 29.2 Å². The summed E-state index contributed by atoms with van der Waals surface area (Å²) in [4.78, 5) is 32.7. The highest BCUT2D eigenvalue weighted by atomic mass is 16.5.